The monoisotopic (exact) mass is 312 g/mol. The zero-order valence-corrected chi connectivity index (χ0v) is 13.8. The Morgan fingerprint density at radius 3 is 2.91 bits per heavy atom. The highest BCUT2D eigenvalue weighted by molar-refractivity contribution is 5.95. The van der Waals surface area contributed by atoms with E-state index in [0.29, 0.717) is 13.0 Å². The van der Waals surface area contributed by atoms with E-state index in [9.17, 15) is 4.79 Å². The molecule has 122 valence electrons. The molecule has 0 radical (unpaired) electrons. The minimum Gasteiger partial charge on any atom is -0.312 e. The third-order valence-corrected chi connectivity index (χ3v) is 4.66. The third kappa shape index (κ3) is 3.45. The molecule has 0 aliphatic carbocycles. The lowest BCUT2D eigenvalue weighted by atomic mass is 10.1. The van der Waals surface area contributed by atoms with Gasteiger partial charge in [-0.3, -0.25) is 9.48 Å². The van der Waals surface area contributed by atoms with Gasteiger partial charge < -0.3 is 10.2 Å². The maximum atomic E-state index is 12.5. The molecule has 2 heterocycles. The first-order valence-corrected chi connectivity index (χ1v) is 8.27. The van der Waals surface area contributed by atoms with Gasteiger partial charge in [0.1, 0.15) is 0 Å². The normalized spacial score (nSPS) is 16.2. The van der Waals surface area contributed by atoms with E-state index in [0.717, 1.165) is 18.7 Å². The molecular formula is C18H24N4O. The van der Waals surface area contributed by atoms with Crippen LogP contribution in [0.4, 0.5) is 5.69 Å². The van der Waals surface area contributed by atoms with Crippen LogP contribution in [0.1, 0.15) is 31.9 Å². The number of hydrogen-bond acceptors (Lipinski definition) is 3. The van der Waals surface area contributed by atoms with E-state index in [2.05, 4.69) is 30.3 Å². The summed E-state index contributed by atoms with van der Waals surface area (Å²) < 4.78 is 1.94. The summed E-state index contributed by atoms with van der Waals surface area (Å²) in [5.41, 5.74) is 2.35. The van der Waals surface area contributed by atoms with Crippen LogP contribution in [0.2, 0.25) is 0 Å². The van der Waals surface area contributed by atoms with Crippen molar-refractivity contribution in [2.24, 2.45) is 0 Å². The summed E-state index contributed by atoms with van der Waals surface area (Å²) in [6.45, 7) is 5.74. The number of para-hydroxylation sites is 1. The van der Waals surface area contributed by atoms with Crippen molar-refractivity contribution in [2.45, 2.75) is 38.8 Å². The fourth-order valence-electron chi connectivity index (χ4n) is 3.06. The van der Waals surface area contributed by atoms with Crippen LogP contribution >= 0.6 is 0 Å². The molecule has 5 heteroatoms. The van der Waals surface area contributed by atoms with Crippen LogP contribution in [-0.2, 0) is 11.2 Å². The van der Waals surface area contributed by atoms with Gasteiger partial charge in [-0.1, -0.05) is 18.2 Å². The van der Waals surface area contributed by atoms with E-state index in [1.807, 2.05) is 40.0 Å². The summed E-state index contributed by atoms with van der Waals surface area (Å²) in [6, 6.07) is 10.6. The Hall–Kier alpha value is -2.14. The highest BCUT2D eigenvalue weighted by Gasteiger charge is 2.23. The smallest absolute Gasteiger partial charge is 0.228 e. The number of nitrogens with one attached hydrogen (secondary N) is 1. The molecule has 2 aromatic rings. The van der Waals surface area contributed by atoms with Gasteiger partial charge in [0.25, 0.3) is 0 Å². The van der Waals surface area contributed by atoms with E-state index in [4.69, 9.17) is 0 Å². The highest BCUT2D eigenvalue weighted by atomic mass is 16.2. The molecule has 0 fully saturated rings. The zero-order chi connectivity index (χ0) is 16.2. The molecule has 1 aromatic carbocycles. The van der Waals surface area contributed by atoms with Crippen molar-refractivity contribution in [1.82, 2.24) is 15.1 Å². The SMILES string of the molecule is C[C@@H](NCCC(=O)N1CCc2ccccc21)[C@H](C)n1cccn1. The predicted octanol–water partition coefficient (Wildman–Crippen LogP) is 2.40. The quantitative estimate of drug-likeness (QED) is 0.891. The minimum atomic E-state index is 0.196. The number of rotatable bonds is 6. The zero-order valence-electron chi connectivity index (χ0n) is 13.8. The second-order valence-corrected chi connectivity index (χ2v) is 6.14. The van der Waals surface area contributed by atoms with Crippen molar-refractivity contribution < 1.29 is 4.79 Å². The van der Waals surface area contributed by atoms with Crippen molar-refractivity contribution in [1.29, 1.82) is 0 Å². The molecule has 0 saturated carbocycles. The van der Waals surface area contributed by atoms with Crippen molar-refractivity contribution in [3.63, 3.8) is 0 Å². The number of aromatic nitrogens is 2. The highest BCUT2D eigenvalue weighted by Crippen LogP contribution is 2.27. The number of carbonyl (C=O) groups is 1. The average molecular weight is 312 g/mol. The standard InChI is InChI=1S/C18H24N4O/c1-14(15(2)22-12-5-10-20-22)19-11-8-18(23)21-13-9-16-6-3-4-7-17(16)21/h3-7,10,12,14-15,19H,8-9,11,13H2,1-2H3/t14-,15+/m1/s1. The predicted molar refractivity (Wildman–Crippen MR) is 91.5 cm³/mol. The first-order valence-electron chi connectivity index (χ1n) is 8.27. The number of amides is 1. The van der Waals surface area contributed by atoms with Crippen LogP contribution in [0.15, 0.2) is 42.7 Å². The van der Waals surface area contributed by atoms with Crippen LogP contribution < -0.4 is 10.2 Å². The second kappa shape index (κ2) is 6.96. The number of nitrogens with zero attached hydrogens (tertiary/aromatic N) is 3. The lowest BCUT2D eigenvalue weighted by Gasteiger charge is -2.23. The molecule has 23 heavy (non-hydrogen) atoms. The molecule has 1 N–H and O–H groups in total. The maximum Gasteiger partial charge on any atom is 0.228 e. The van der Waals surface area contributed by atoms with E-state index in [1.54, 1.807) is 6.20 Å². The van der Waals surface area contributed by atoms with E-state index in [1.165, 1.54) is 5.56 Å². The fraction of sp³-hybridized carbons (Fsp3) is 0.444. The van der Waals surface area contributed by atoms with E-state index < -0.39 is 0 Å². The summed E-state index contributed by atoms with van der Waals surface area (Å²) in [4.78, 5) is 14.4. The molecule has 3 rings (SSSR count). The molecule has 2 atom stereocenters. The van der Waals surface area contributed by atoms with E-state index >= 15 is 0 Å². The van der Waals surface area contributed by atoms with Crippen LogP contribution in [0.5, 0.6) is 0 Å². The molecule has 0 bridgehead atoms. The summed E-state index contributed by atoms with van der Waals surface area (Å²) in [5, 5.41) is 7.71. The largest absolute Gasteiger partial charge is 0.312 e. The summed E-state index contributed by atoms with van der Waals surface area (Å²) >= 11 is 0. The van der Waals surface area contributed by atoms with Gasteiger partial charge in [0.05, 0.1) is 6.04 Å². The summed E-state index contributed by atoms with van der Waals surface area (Å²) in [5.74, 6) is 0.196. The second-order valence-electron chi connectivity index (χ2n) is 6.14. The van der Waals surface area contributed by atoms with Crippen LogP contribution in [0, 0.1) is 0 Å². The Bertz CT molecular complexity index is 653. The first kappa shape index (κ1) is 15.7. The van der Waals surface area contributed by atoms with Gasteiger partial charge in [0.2, 0.25) is 5.91 Å². The fourth-order valence-corrected chi connectivity index (χ4v) is 3.06. The maximum absolute atomic E-state index is 12.5. The summed E-state index contributed by atoms with van der Waals surface area (Å²) in [7, 11) is 0. The number of anilines is 1. The van der Waals surface area contributed by atoms with Crippen molar-refractivity contribution in [3.05, 3.63) is 48.3 Å². The van der Waals surface area contributed by atoms with Gasteiger partial charge >= 0.3 is 0 Å². The minimum absolute atomic E-state index is 0.196. The number of hydrogen-bond donors (Lipinski definition) is 1. The van der Waals surface area contributed by atoms with Crippen molar-refractivity contribution in [2.75, 3.05) is 18.0 Å². The van der Waals surface area contributed by atoms with Gasteiger partial charge in [-0.25, -0.2) is 0 Å². The van der Waals surface area contributed by atoms with Crippen molar-refractivity contribution in [3.8, 4) is 0 Å². The van der Waals surface area contributed by atoms with Gasteiger partial charge in [0.15, 0.2) is 0 Å². The van der Waals surface area contributed by atoms with Crippen LogP contribution in [0.25, 0.3) is 0 Å². The number of carbonyl (C=O) groups excluding carboxylic acids is 1. The Morgan fingerprint density at radius 1 is 1.30 bits per heavy atom. The Kier molecular flexibility index (Phi) is 4.76. The molecule has 1 aliphatic heterocycles. The van der Waals surface area contributed by atoms with Gasteiger partial charge in [-0.15, -0.1) is 0 Å². The Labute approximate surface area is 137 Å². The first-order chi connectivity index (χ1) is 11.2. The van der Waals surface area contributed by atoms with Crippen LogP contribution in [-0.4, -0.2) is 34.8 Å². The molecule has 0 unspecified atom stereocenters. The molecule has 1 amide bonds. The molecule has 0 saturated heterocycles. The summed E-state index contributed by atoms with van der Waals surface area (Å²) in [6.07, 6.45) is 5.24. The van der Waals surface area contributed by atoms with Crippen molar-refractivity contribution >= 4 is 11.6 Å². The molecule has 0 spiro atoms. The van der Waals surface area contributed by atoms with Gasteiger partial charge in [0, 0.05) is 43.6 Å². The number of benzene rings is 1. The lowest BCUT2D eigenvalue weighted by Crippen LogP contribution is -2.37. The van der Waals surface area contributed by atoms with Gasteiger partial charge in [-0.2, -0.15) is 5.10 Å². The third-order valence-electron chi connectivity index (χ3n) is 4.66. The lowest BCUT2D eigenvalue weighted by molar-refractivity contribution is -0.118. The molecule has 1 aromatic heterocycles. The average Bonchev–Trinajstić information content (AvgIpc) is 3.23. The van der Waals surface area contributed by atoms with Gasteiger partial charge in [-0.05, 0) is 38.0 Å². The van der Waals surface area contributed by atoms with E-state index in [-0.39, 0.29) is 18.0 Å². The molecular weight excluding hydrogens is 288 g/mol. The molecule has 5 nitrogen and oxygen atoms in total. The topological polar surface area (TPSA) is 50.2 Å². The molecule has 1 aliphatic rings. The van der Waals surface area contributed by atoms with Crippen LogP contribution in [0.3, 0.4) is 0 Å². The number of fused-ring (bicyclic) bond motifs is 1. The Balaban J connectivity index is 1.49. The Morgan fingerprint density at radius 2 is 2.13 bits per heavy atom.